The van der Waals surface area contributed by atoms with Gasteiger partial charge in [-0.3, -0.25) is 9.55 Å². The molecule has 1 N–H and O–H groups in total. The van der Waals surface area contributed by atoms with Crippen molar-refractivity contribution in [2.75, 3.05) is 0 Å². The summed E-state index contributed by atoms with van der Waals surface area (Å²) in [7, 11) is 0. The second kappa shape index (κ2) is 10.7. The highest BCUT2D eigenvalue weighted by Gasteiger charge is 2.38. The van der Waals surface area contributed by atoms with Gasteiger partial charge in [-0.25, -0.2) is 4.98 Å². The van der Waals surface area contributed by atoms with E-state index >= 15 is 0 Å². The van der Waals surface area contributed by atoms with Gasteiger partial charge in [0.2, 0.25) is 0 Å². The molecule has 4 aromatic carbocycles. The molecule has 2 heterocycles. The van der Waals surface area contributed by atoms with Gasteiger partial charge < -0.3 is 5.11 Å². The van der Waals surface area contributed by atoms with Crippen LogP contribution in [0.1, 0.15) is 95.0 Å². The number of nitrogens with zero attached hydrogens (tertiary/aromatic N) is 3. The smallest absolute Gasteiger partial charge is 0.149 e. The molecule has 2 aliphatic rings. The van der Waals surface area contributed by atoms with Crippen LogP contribution in [0.5, 0.6) is 5.75 Å². The summed E-state index contributed by atoms with van der Waals surface area (Å²) in [6.45, 7) is 13.1. The minimum atomic E-state index is -0.250. The van der Waals surface area contributed by atoms with Crippen LogP contribution in [-0.4, -0.2) is 19.6 Å². The summed E-state index contributed by atoms with van der Waals surface area (Å²) < 4.78 is 2.20. The number of rotatable bonds is 4. The van der Waals surface area contributed by atoms with Gasteiger partial charge in [-0.15, -0.1) is 0 Å². The zero-order chi connectivity index (χ0) is 32.7. The number of benzene rings is 4. The average molecular weight is 618 g/mol. The molecule has 236 valence electrons. The van der Waals surface area contributed by atoms with Gasteiger partial charge in [0.15, 0.2) is 0 Å². The van der Waals surface area contributed by atoms with E-state index in [9.17, 15) is 5.11 Å². The fourth-order valence-electron chi connectivity index (χ4n) is 7.84. The molecule has 47 heavy (non-hydrogen) atoms. The monoisotopic (exact) mass is 617 g/mol. The molecule has 8 rings (SSSR count). The van der Waals surface area contributed by atoms with Gasteiger partial charge >= 0.3 is 0 Å². The zero-order valence-electron chi connectivity index (χ0n) is 28.3. The van der Waals surface area contributed by atoms with E-state index in [1.807, 2.05) is 6.07 Å². The summed E-state index contributed by atoms with van der Waals surface area (Å²) in [5, 5.41) is 12.0. The van der Waals surface area contributed by atoms with Crippen LogP contribution >= 0.6 is 0 Å². The van der Waals surface area contributed by atoms with E-state index < -0.39 is 0 Å². The minimum absolute atomic E-state index is 0.108. The first-order valence-electron chi connectivity index (χ1n) is 17.0. The van der Waals surface area contributed by atoms with E-state index in [1.54, 1.807) is 0 Å². The van der Waals surface area contributed by atoms with Gasteiger partial charge in [-0.2, -0.15) is 0 Å². The van der Waals surface area contributed by atoms with Crippen LogP contribution < -0.4 is 0 Å². The number of pyridine rings is 1. The largest absolute Gasteiger partial charge is 0.507 e. The van der Waals surface area contributed by atoms with Crippen molar-refractivity contribution in [1.29, 1.82) is 0 Å². The molecule has 0 spiro atoms. The molecule has 1 saturated carbocycles. The highest BCUT2D eigenvalue weighted by molar-refractivity contribution is 5.96. The van der Waals surface area contributed by atoms with Crippen molar-refractivity contribution in [3.63, 3.8) is 0 Å². The number of hydrogen-bond donors (Lipinski definition) is 1. The molecule has 0 radical (unpaired) electrons. The van der Waals surface area contributed by atoms with E-state index in [2.05, 4.69) is 137 Å². The second-order valence-electron chi connectivity index (χ2n) is 15.7. The lowest BCUT2D eigenvalue weighted by molar-refractivity contribution is 0.446. The number of aromatic nitrogens is 3. The molecule has 2 aliphatic carbocycles. The summed E-state index contributed by atoms with van der Waals surface area (Å²) in [6.07, 6.45) is 3.85. The molecule has 2 atom stereocenters. The van der Waals surface area contributed by atoms with Gasteiger partial charge in [0.05, 0.1) is 22.3 Å². The lowest BCUT2D eigenvalue weighted by Gasteiger charge is -2.27. The second-order valence-corrected chi connectivity index (χ2v) is 15.7. The van der Waals surface area contributed by atoms with E-state index in [4.69, 9.17) is 9.97 Å². The molecule has 0 amide bonds. The van der Waals surface area contributed by atoms with Gasteiger partial charge in [0.1, 0.15) is 11.6 Å². The number of hydrogen-bond acceptors (Lipinski definition) is 3. The molecule has 0 aliphatic heterocycles. The van der Waals surface area contributed by atoms with Gasteiger partial charge in [-0.1, -0.05) is 102 Å². The van der Waals surface area contributed by atoms with Gasteiger partial charge in [0, 0.05) is 34.0 Å². The number of phenolic OH excluding ortho intramolecular Hbond substituents is 1. The van der Waals surface area contributed by atoms with Crippen LogP contribution in [0, 0.1) is 0 Å². The molecule has 2 bridgehead atoms. The first-order valence-corrected chi connectivity index (χ1v) is 17.0. The Hall–Kier alpha value is -4.70. The van der Waals surface area contributed by atoms with Crippen LogP contribution in [0.25, 0.3) is 50.5 Å². The Morgan fingerprint density at radius 3 is 2.19 bits per heavy atom. The average Bonchev–Trinajstić information content (AvgIpc) is 3.78. The Morgan fingerprint density at radius 2 is 1.43 bits per heavy atom. The fraction of sp³-hybridized carbons (Fsp3) is 0.302. The quantitative estimate of drug-likeness (QED) is 0.214. The first kappa shape index (κ1) is 29.7. The molecule has 0 saturated heterocycles. The highest BCUT2D eigenvalue weighted by atomic mass is 16.3. The third-order valence-electron chi connectivity index (χ3n) is 10.4. The summed E-state index contributed by atoms with van der Waals surface area (Å²) in [6, 6.07) is 34.4. The normalized spacial score (nSPS) is 17.4. The van der Waals surface area contributed by atoms with Crippen LogP contribution in [0.2, 0.25) is 0 Å². The number of para-hydroxylation sites is 2. The molecule has 1 fully saturated rings. The maximum atomic E-state index is 12.0. The third kappa shape index (κ3) is 4.97. The van der Waals surface area contributed by atoms with Crippen molar-refractivity contribution in [2.24, 2.45) is 0 Å². The van der Waals surface area contributed by atoms with E-state index in [-0.39, 0.29) is 16.6 Å². The van der Waals surface area contributed by atoms with Crippen LogP contribution in [0.4, 0.5) is 0 Å². The van der Waals surface area contributed by atoms with E-state index in [1.165, 1.54) is 36.1 Å². The molecule has 4 nitrogen and oxygen atoms in total. The summed E-state index contributed by atoms with van der Waals surface area (Å²) >= 11 is 0. The maximum absolute atomic E-state index is 12.0. The highest BCUT2D eigenvalue weighted by Crippen LogP contribution is 2.52. The van der Waals surface area contributed by atoms with Crippen LogP contribution in [-0.2, 0) is 10.8 Å². The molecule has 4 heteroatoms. The lowest BCUT2D eigenvalue weighted by atomic mass is 9.79. The van der Waals surface area contributed by atoms with E-state index in [0.717, 1.165) is 56.1 Å². The molecule has 2 unspecified atom stereocenters. The Labute approximate surface area is 278 Å². The van der Waals surface area contributed by atoms with Crippen molar-refractivity contribution in [3.05, 3.63) is 119 Å². The molecule has 2 aromatic heterocycles. The minimum Gasteiger partial charge on any atom is -0.507 e. The van der Waals surface area contributed by atoms with E-state index in [0.29, 0.717) is 11.8 Å². The number of imidazole rings is 1. The van der Waals surface area contributed by atoms with Crippen LogP contribution in [0.3, 0.4) is 0 Å². The lowest BCUT2D eigenvalue weighted by Crippen LogP contribution is -2.17. The van der Waals surface area contributed by atoms with Crippen molar-refractivity contribution < 1.29 is 5.11 Å². The molecule has 6 aromatic rings. The first-order chi connectivity index (χ1) is 22.5. The van der Waals surface area contributed by atoms with Crippen molar-refractivity contribution in [2.45, 2.75) is 83.5 Å². The Balaban J connectivity index is 1.34. The Kier molecular flexibility index (Phi) is 6.74. The fourth-order valence-corrected chi connectivity index (χ4v) is 7.84. The number of aromatic hydroxyl groups is 1. The predicted octanol–water partition coefficient (Wildman–Crippen LogP) is 11.1. The summed E-state index contributed by atoms with van der Waals surface area (Å²) in [5.41, 5.74) is 12.5. The number of fused-ring (bicyclic) bond motifs is 6. The maximum Gasteiger partial charge on any atom is 0.149 e. The summed E-state index contributed by atoms with van der Waals surface area (Å²) in [5.74, 6) is 2.36. The Bertz CT molecular complexity index is 2160. The number of phenols is 1. The van der Waals surface area contributed by atoms with Crippen LogP contribution in [0.15, 0.2) is 97.1 Å². The SMILES string of the molecule is CC(C)(C)c1cc(-c2nc3c(-c4cccc(-c5ccc6c(n5)C5CCC6C5)c4)cccc3n2-c2ccccc2)c(O)c(C(C)(C)C)c1. The molecular formula is C43H43N3O. The Morgan fingerprint density at radius 1 is 0.681 bits per heavy atom. The van der Waals surface area contributed by atoms with Gasteiger partial charge in [-0.05, 0) is 89.1 Å². The predicted molar refractivity (Wildman–Crippen MR) is 194 cm³/mol. The molecular weight excluding hydrogens is 574 g/mol. The van der Waals surface area contributed by atoms with Crippen molar-refractivity contribution in [3.8, 4) is 45.2 Å². The van der Waals surface area contributed by atoms with Crippen molar-refractivity contribution in [1.82, 2.24) is 14.5 Å². The summed E-state index contributed by atoms with van der Waals surface area (Å²) in [4.78, 5) is 10.6. The standard InChI is InChI=1S/C43H43N3O/c1-42(2,3)30-24-34(40(47)35(25-30)43(4,5)6)41-45-39-32(16-11-17-37(39)46(41)31-14-8-7-9-15-31)26-12-10-13-28(22-26)36-21-20-33-27-18-19-29(23-27)38(33)44-36/h7-17,20-22,24-25,27,29,47H,18-19,23H2,1-6H3. The topological polar surface area (TPSA) is 50.9 Å². The zero-order valence-corrected chi connectivity index (χ0v) is 28.3. The third-order valence-corrected chi connectivity index (χ3v) is 10.4. The van der Waals surface area contributed by atoms with Crippen molar-refractivity contribution >= 4 is 11.0 Å². The van der Waals surface area contributed by atoms with Gasteiger partial charge in [0.25, 0.3) is 0 Å².